The van der Waals surface area contributed by atoms with Crippen LogP contribution in [0.3, 0.4) is 0 Å². The first-order chi connectivity index (χ1) is 8.67. The van der Waals surface area contributed by atoms with Gasteiger partial charge < -0.3 is 10.5 Å². The number of fused-ring (bicyclic) bond motifs is 3. The summed E-state index contributed by atoms with van der Waals surface area (Å²) in [6.07, 6.45) is 8.37. The summed E-state index contributed by atoms with van der Waals surface area (Å²) in [5.74, 6) is 1.65. The molecule has 0 heterocycles. The van der Waals surface area contributed by atoms with Gasteiger partial charge in [-0.25, -0.2) is 0 Å². The van der Waals surface area contributed by atoms with E-state index < -0.39 is 0 Å². The molecular formula is C15H25NO2. The van der Waals surface area contributed by atoms with E-state index in [9.17, 15) is 4.79 Å². The van der Waals surface area contributed by atoms with E-state index in [2.05, 4.69) is 0 Å². The van der Waals surface area contributed by atoms with Crippen molar-refractivity contribution in [3.05, 3.63) is 0 Å². The summed E-state index contributed by atoms with van der Waals surface area (Å²) in [6.45, 7) is 2.39. The minimum Gasteiger partial charge on any atom is -0.466 e. The van der Waals surface area contributed by atoms with Crippen molar-refractivity contribution in [3.8, 4) is 0 Å². The number of rotatable bonds is 2. The zero-order valence-electron chi connectivity index (χ0n) is 11.4. The number of ether oxygens (including phenoxy) is 1. The Balaban J connectivity index is 1.75. The molecule has 0 radical (unpaired) electrons. The van der Waals surface area contributed by atoms with Crippen molar-refractivity contribution in [2.75, 3.05) is 6.61 Å². The number of carbonyl (C=O) groups excluding carboxylic acids is 1. The fourth-order valence-corrected chi connectivity index (χ4v) is 5.08. The molecule has 3 nitrogen and oxygen atoms in total. The van der Waals surface area contributed by atoms with Crippen LogP contribution in [-0.4, -0.2) is 18.6 Å². The highest BCUT2D eigenvalue weighted by Crippen LogP contribution is 2.61. The maximum Gasteiger partial charge on any atom is 0.308 e. The predicted octanol–water partition coefficient (Wildman–Crippen LogP) is 2.48. The molecule has 3 rings (SSSR count). The van der Waals surface area contributed by atoms with Crippen LogP contribution in [0, 0.1) is 23.2 Å². The summed E-state index contributed by atoms with van der Waals surface area (Å²) in [5.41, 5.74) is 6.79. The maximum absolute atomic E-state index is 12.0. The van der Waals surface area contributed by atoms with E-state index in [-0.39, 0.29) is 17.3 Å². The number of esters is 1. The minimum atomic E-state index is 0.0200. The third-order valence-corrected chi connectivity index (χ3v) is 5.90. The quantitative estimate of drug-likeness (QED) is 0.767. The van der Waals surface area contributed by atoms with Crippen LogP contribution < -0.4 is 5.73 Å². The van der Waals surface area contributed by atoms with Crippen LogP contribution in [0.1, 0.15) is 51.9 Å². The maximum atomic E-state index is 12.0. The van der Waals surface area contributed by atoms with Gasteiger partial charge in [0.15, 0.2) is 0 Å². The summed E-state index contributed by atoms with van der Waals surface area (Å²) in [7, 11) is 0. The molecule has 0 aliphatic heterocycles. The first kappa shape index (κ1) is 12.5. The van der Waals surface area contributed by atoms with Gasteiger partial charge in [0.25, 0.3) is 0 Å². The molecule has 0 aromatic heterocycles. The van der Waals surface area contributed by atoms with Crippen LogP contribution >= 0.6 is 0 Å². The zero-order valence-corrected chi connectivity index (χ0v) is 11.4. The lowest BCUT2D eigenvalue weighted by Gasteiger charge is -2.47. The summed E-state index contributed by atoms with van der Waals surface area (Å²) in [6, 6.07) is 0.341. The third-order valence-electron chi connectivity index (χ3n) is 5.90. The minimum absolute atomic E-state index is 0.0200. The lowest BCUT2D eigenvalue weighted by molar-refractivity contribution is -0.151. The Bertz CT molecular complexity index is 339. The van der Waals surface area contributed by atoms with Gasteiger partial charge in [-0.05, 0) is 62.7 Å². The lowest BCUT2D eigenvalue weighted by Crippen LogP contribution is -2.49. The molecule has 5 atom stereocenters. The van der Waals surface area contributed by atoms with Crippen molar-refractivity contribution < 1.29 is 9.53 Å². The lowest BCUT2D eigenvalue weighted by atomic mass is 9.59. The van der Waals surface area contributed by atoms with Crippen LogP contribution in [0.2, 0.25) is 0 Å². The Morgan fingerprint density at radius 2 is 2.22 bits per heavy atom. The Morgan fingerprint density at radius 1 is 1.39 bits per heavy atom. The number of hydrogen-bond donors (Lipinski definition) is 1. The first-order valence-electron chi connectivity index (χ1n) is 7.59. The van der Waals surface area contributed by atoms with Crippen molar-refractivity contribution in [2.45, 2.75) is 57.9 Å². The van der Waals surface area contributed by atoms with Gasteiger partial charge in [-0.1, -0.05) is 6.42 Å². The van der Waals surface area contributed by atoms with Crippen LogP contribution in [0.4, 0.5) is 0 Å². The van der Waals surface area contributed by atoms with E-state index in [1.165, 1.54) is 25.7 Å². The molecule has 3 fully saturated rings. The average Bonchev–Trinajstić information content (AvgIpc) is 2.94. The van der Waals surface area contributed by atoms with Crippen molar-refractivity contribution in [3.63, 3.8) is 0 Å². The second-order valence-corrected chi connectivity index (χ2v) is 6.57. The standard InChI is InChI=1S/C15H25NO2/c1-2-18-14(17)11-4-3-7-15(9-11)12-6-5-10(8-12)13(15)16/h10-13H,2-9,16H2,1H3/t10-,11+,12+,13-,15-/m1/s1. The third kappa shape index (κ3) is 1.70. The van der Waals surface area contributed by atoms with Crippen LogP contribution in [-0.2, 0) is 9.53 Å². The highest BCUT2D eigenvalue weighted by molar-refractivity contribution is 5.72. The van der Waals surface area contributed by atoms with Crippen LogP contribution in [0.25, 0.3) is 0 Å². The van der Waals surface area contributed by atoms with E-state index in [0.29, 0.717) is 12.6 Å². The molecule has 0 saturated heterocycles. The Kier molecular flexibility index (Phi) is 3.13. The Morgan fingerprint density at radius 3 is 2.89 bits per heavy atom. The number of carbonyl (C=O) groups is 1. The Labute approximate surface area is 109 Å². The second-order valence-electron chi connectivity index (χ2n) is 6.57. The molecule has 0 aromatic rings. The smallest absolute Gasteiger partial charge is 0.308 e. The number of hydrogen-bond acceptors (Lipinski definition) is 3. The van der Waals surface area contributed by atoms with Crippen LogP contribution in [0.5, 0.6) is 0 Å². The fraction of sp³-hybridized carbons (Fsp3) is 0.933. The van der Waals surface area contributed by atoms with Gasteiger partial charge in [0.1, 0.15) is 0 Å². The van der Waals surface area contributed by atoms with Gasteiger partial charge in [0, 0.05) is 6.04 Å². The molecule has 18 heavy (non-hydrogen) atoms. The molecule has 0 aromatic carbocycles. The second kappa shape index (κ2) is 4.52. The van der Waals surface area contributed by atoms with Crippen molar-refractivity contribution in [1.29, 1.82) is 0 Å². The summed E-state index contributed by atoms with van der Waals surface area (Å²) >= 11 is 0. The summed E-state index contributed by atoms with van der Waals surface area (Å²) in [5, 5.41) is 0. The van der Waals surface area contributed by atoms with Gasteiger partial charge >= 0.3 is 5.97 Å². The largest absolute Gasteiger partial charge is 0.466 e. The van der Waals surface area contributed by atoms with Crippen molar-refractivity contribution in [2.24, 2.45) is 28.9 Å². The van der Waals surface area contributed by atoms with Crippen molar-refractivity contribution in [1.82, 2.24) is 0 Å². The van der Waals surface area contributed by atoms with Crippen molar-refractivity contribution >= 4 is 5.97 Å². The highest BCUT2D eigenvalue weighted by Gasteiger charge is 2.58. The molecule has 0 amide bonds. The van der Waals surface area contributed by atoms with Gasteiger partial charge in [-0.3, -0.25) is 4.79 Å². The molecule has 102 valence electrons. The van der Waals surface area contributed by atoms with E-state index in [1.807, 2.05) is 6.92 Å². The SMILES string of the molecule is CCOC(=O)[C@H]1CCC[C@@]2(C1)[C@H]1CC[C@H](C1)[C@H]2N. The zero-order chi connectivity index (χ0) is 12.8. The van der Waals surface area contributed by atoms with Gasteiger partial charge in [0.2, 0.25) is 0 Å². The van der Waals surface area contributed by atoms with E-state index >= 15 is 0 Å². The molecule has 1 spiro atoms. The molecule has 3 aliphatic carbocycles. The summed E-state index contributed by atoms with van der Waals surface area (Å²) in [4.78, 5) is 12.0. The van der Waals surface area contributed by atoms with Gasteiger partial charge in [0.05, 0.1) is 12.5 Å². The molecule has 3 aliphatic rings. The highest BCUT2D eigenvalue weighted by atomic mass is 16.5. The normalized spacial score (nSPS) is 46.6. The number of nitrogens with two attached hydrogens (primary N) is 1. The molecule has 3 saturated carbocycles. The van der Waals surface area contributed by atoms with Crippen LogP contribution in [0.15, 0.2) is 0 Å². The van der Waals surface area contributed by atoms with E-state index in [1.54, 1.807) is 0 Å². The predicted molar refractivity (Wildman–Crippen MR) is 69.8 cm³/mol. The molecule has 2 bridgehead atoms. The summed E-state index contributed by atoms with van der Waals surface area (Å²) < 4.78 is 5.22. The fourth-order valence-electron chi connectivity index (χ4n) is 5.08. The van der Waals surface area contributed by atoms with Gasteiger partial charge in [-0.2, -0.15) is 0 Å². The molecule has 2 N–H and O–H groups in total. The first-order valence-corrected chi connectivity index (χ1v) is 7.59. The topological polar surface area (TPSA) is 52.3 Å². The van der Waals surface area contributed by atoms with E-state index in [0.717, 1.165) is 31.1 Å². The Hall–Kier alpha value is -0.570. The molecule has 0 unspecified atom stereocenters. The average molecular weight is 251 g/mol. The monoisotopic (exact) mass is 251 g/mol. The van der Waals surface area contributed by atoms with E-state index in [4.69, 9.17) is 10.5 Å². The molecule has 3 heteroatoms. The molecular weight excluding hydrogens is 226 g/mol. The van der Waals surface area contributed by atoms with Gasteiger partial charge in [-0.15, -0.1) is 0 Å².